The highest BCUT2D eigenvalue weighted by Crippen LogP contribution is 2.42. The lowest BCUT2D eigenvalue weighted by molar-refractivity contribution is 0.482. The molecule has 0 radical (unpaired) electrons. The maximum atomic E-state index is 6.06. The van der Waals surface area contributed by atoms with Crippen LogP contribution in [0.1, 0.15) is 29.0 Å². The molecule has 0 aliphatic carbocycles. The lowest BCUT2D eigenvalue weighted by Gasteiger charge is -2.29. The van der Waals surface area contributed by atoms with Crippen LogP contribution in [0, 0.1) is 6.92 Å². The van der Waals surface area contributed by atoms with Crippen molar-refractivity contribution in [3.05, 3.63) is 133 Å². The van der Waals surface area contributed by atoms with Crippen molar-refractivity contribution in [2.75, 3.05) is 4.90 Å². The van der Waals surface area contributed by atoms with Gasteiger partial charge in [0.2, 0.25) is 0 Å². The molecule has 6 nitrogen and oxygen atoms in total. The van der Waals surface area contributed by atoms with Gasteiger partial charge in [-0.2, -0.15) is 0 Å². The Kier molecular flexibility index (Phi) is 6.12. The van der Waals surface area contributed by atoms with Crippen LogP contribution in [0.15, 0.2) is 116 Å². The van der Waals surface area contributed by atoms with Crippen LogP contribution in [-0.4, -0.2) is 19.6 Å². The van der Waals surface area contributed by atoms with Gasteiger partial charge in [0.1, 0.15) is 17.5 Å². The zero-order valence-electron chi connectivity index (χ0n) is 20.2. The van der Waals surface area contributed by atoms with Crippen molar-refractivity contribution >= 4 is 23.0 Å². The van der Waals surface area contributed by atoms with Gasteiger partial charge in [0.05, 0.1) is 11.7 Å². The first-order valence-electron chi connectivity index (χ1n) is 12.1. The summed E-state index contributed by atoms with van der Waals surface area (Å²) in [5, 5.41) is 4.18. The first-order valence-corrected chi connectivity index (χ1v) is 12.5. The van der Waals surface area contributed by atoms with E-state index in [1.807, 2.05) is 85.1 Å². The van der Waals surface area contributed by atoms with E-state index >= 15 is 0 Å². The number of thiocarbonyl (C=S) groups is 1. The van der Waals surface area contributed by atoms with Crippen molar-refractivity contribution in [2.45, 2.75) is 19.0 Å². The summed E-state index contributed by atoms with van der Waals surface area (Å²) in [6, 6.07) is 30.0. The fraction of sp³-hybridized carbons (Fsp3) is 0.100. The molecule has 7 heteroatoms. The number of pyridine rings is 2. The second-order valence-corrected chi connectivity index (χ2v) is 9.30. The highest BCUT2D eigenvalue weighted by Gasteiger charge is 2.42. The van der Waals surface area contributed by atoms with Crippen LogP contribution in [0.5, 0.6) is 11.5 Å². The van der Waals surface area contributed by atoms with E-state index in [-0.39, 0.29) is 12.1 Å². The van der Waals surface area contributed by atoms with E-state index < -0.39 is 0 Å². The van der Waals surface area contributed by atoms with Crippen LogP contribution in [0.25, 0.3) is 5.69 Å². The molecule has 2 aromatic carbocycles. The normalized spacial score (nSPS) is 17.0. The average Bonchev–Trinajstić information content (AvgIpc) is 3.56. The molecule has 1 saturated heterocycles. The van der Waals surface area contributed by atoms with Crippen molar-refractivity contribution in [1.82, 2.24) is 19.9 Å². The van der Waals surface area contributed by atoms with Gasteiger partial charge in [-0.15, -0.1) is 0 Å². The van der Waals surface area contributed by atoms with Crippen molar-refractivity contribution in [3.8, 4) is 17.2 Å². The first kappa shape index (κ1) is 22.9. The van der Waals surface area contributed by atoms with Crippen LogP contribution in [0.3, 0.4) is 0 Å². The Morgan fingerprint density at radius 2 is 1.51 bits per heavy atom. The second-order valence-electron chi connectivity index (χ2n) is 8.91. The van der Waals surface area contributed by atoms with Gasteiger partial charge in [-0.05, 0) is 91.9 Å². The minimum absolute atomic E-state index is 0.130. The quantitative estimate of drug-likeness (QED) is 0.265. The Morgan fingerprint density at radius 1 is 0.784 bits per heavy atom. The molecule has 37 heavy (non-hydrogen) atoms. The van der Waals surface area contributed by atoms with Crippen molar-refractivity contribution in [3.63, 3.8) is 0 Å². The van der Waals surface area contributed by atoms with Crippen LogP contribution in [0.2, 0.25) is 0 Å². The molecule has 0 unspecified atom stereocenters. The van der Waals surface area contributed by atoms with Crippen molar-refractivity contribution in [2.24, 2.45) is 0 Å². The summed E-state index contributed by atoms with van der Waals surface area (Å²) < 4.78 is 8.24. The number of benzene rings is 2. The van der Waals surface area contributed by atoms with Gasteiger partial charge < -0.3 is 19.5 Å². The zero-order valence-corrected chi connectivity index (χ0v) is 21.0. The van der Waals surface area contributed by atoms with Crippen molar-refractivity contribution in [1.29, 1.82) is 0 Å². The molecule has 182 valence electrons. The van der Waals surface area contributed by atoms with Gasteiger partial charge in [0, 0.05) is 41.9 Å². The molecule has 1 aliphatic rings. The van der Waals surface area contributed by atoms with Crippen LogP contribution >= 0.6 is 12.2 Å². The summed E-state index contributed by atoms with van der Waals surface area (Å²) in [5.41, 5.74) is 5.23. The van der Waals surface area contributed by atoms with E-state index in [4.69, 9.17) is 17.0 Å². The third-order valence-corrected chi connectivity index (χ3v) is 6.81. The molecule has 5 aromatic rings. The van der Waals surface area contributed by atoms with Gasteiger partial charge in [-0.1, -0.05) is 23.8 Å². The number of hydrogen-bond acceptors (Lipinski definition) is 4. The van der Waals surface area contributed by atoms with E-state index in [1.54, 1.807) is 12.4 Å². The molecule has 0 saturated carbocycles. The van der Waals surface area contributed by atoms with Crippen LogP contribution in [-0.2, 0) is 0 Å². The molecular formula is C30H25N5OS. The van der Waals surface area contributed by atoms with E-state index in [0.717, 1.165) is 34.3 Å². The molecule has 1 N–H and O–H groups in total. The zero-order chi connectivity index (χ0) is 25.2. The molecule has 4 heterocycles. The smallest absolute Gasteiger partial charge is 0.174 e. The minimum Gasteiger partial charge on any atom is -0.457 e. The fourth-order valence-electron chi connectivity index (χ4n) is 4.73. The highest BCUT2D eigenvalue weighted by molar-refractivity contribution is 7.80. The van der Waals surface area contributed by atoms with E-state index in [0.29, 0.717) is 5.11 Å². The number of nitrogens with one attached hydrogen (secondary N) is 1. The molecule has 0 bridgehead atoms. The second kappa shape index (κ2) is 9.87. The number of hydrogen-bond donors (Lipinski definition) is 1. The Labute approximate surface area is 221 Å². The van der Waals surface area contributed by atoms with Gasteiger partial charge in [0.25, 0.3) is 0 Å². The maximum Gasteiger partial charge on any atom is 0.174 e. The predicted molar refractivity (Wildman–Crippen MR) is 149 cm³/mol. The van der Waals surface area contributed by atoms with Gasteiger partial charge in [-0.25, -0.2) is 0 Å². The third kappa shape index (κ3) is 4.57. The van der Waals surface area contributed by atoms with Crippen molar-refractivity contribution < 1.29 is 4.74 Å². The molecular weight excluding hydrogens is 478 g/mol. The van der Waals surface area contributed by atoms with E-state index in [9.17, 15) is 0 Å². The maximum absolute atomic E-state index is 6.06. The van der Waals surface area contributed by atoms with Crippen LogP contribution < -0.4 is 15.0 Å². The molecule has 0 spiro atoms. The summed E-state index contributed by atoms with van der Waals surface area (Å²) >= 11 is 5.90. The molecule has 3 aromatic heterocycles. The fourth-order valence-corrected chi connectivity index (χ4v) is 5.07. The molecule has 1 aliphatic heterocycles. The Hall–Kier alpha value is -4.49. The number of aryl methyl sites for hydroxylation is 1. The SMILES string of the molecule is Cc1ccc(Oc2ccc(N3C(=S)N[C@@H](c4ccccn4)[C@H]3c3cccn3-c3ccncc3)cc2)cc1. The number of nitrogens with zero attached hydrogens (tertiary/aromatic N) is 4. The van der Waals surface area contributed by atoms with Crippen LogP contribution in [0.4, 0.5) is 5.69 Å². The molecule has 6 rings (SSSR count). The van der Waals surface area contributed by atoms with E-state index in [2.05, 4.69) is 50.0 Å². The lowest BCUT2D eigenvalue weighted by atomic mass is 10.0. The lowest BCUT2D eigenvalue weighted by Crippen LogP contribution is -2.30. The average molecular weight is 504 g/mol. The Balaban J connectivity index is 1.38. The Bertz CT molecular complexity index is 1500. The van der Waals surface area contributed by atoms with Gasteiger partial charge in [0.15, 0.2) is 5.11 Å². The van der Waals surface area contributed by atoms with Gasteiger partial charge in [-0.3, -0.25) is 9.97 Å². The Morgan fingerprint density at radius 3 is 2.22 bits per heavy atom. The standard InChI is InChI=1S/C30H25N5OS/c1-21-7-11-24(12-8-21)36-25-13-9-23(10-14-25)35-29(28(33-30(35)37)26-5-2-3-17-32-26)27-6-4-20-34(27)22-15-18-31-19-16-22/h2-20,28-29H,1H3,(H,33,37)/t28-,29+/m0/s1. The summed E-state index contributed by atoms with van der Waals surface area (Å²) in [6.07, 6.45) is 7.49. The number of rotatable bonds is 6. The predicted octanol–water partition coefficient (Wildman–Crippen LogP) is 6.55. The first-order chi connectivity index (χ1) is 18.2. The summed E-state index contributed by atoms with van der Waals surface area (Å²) in [7, 11) is 0. The topological polar surface area (TPSA) is 55.2 Å². The number of aromatic nitrogens is 3. The molecule has 0 amide bonds. The monoisotopic (exact) mass is 503 g/mol. The van der Waals surface area contributed by atoms with Gasteiger partial charge >= 0.3 is 0 Å². The molecule has 2 atom stereocenters. The summed E-state index contributed by atoms with van der Waals surface area (Å²) in [6.45, 7) is 2.06. The summed E-state index contributed by atoms with van der Waals surface area (Å²) in [4.78, 5) is 11.0. The third-order valence-electron chi connectivity index (χ3n) is 6.49. The minimum atomic E-state index is -0.132. The summed E-state index contributed by atoms with van der Waals surface area (Å²) in [5.74, 6) is 1.57. The van der Waals surface area contributed by atoms with E-state index in [1.165, 1.54) is 5.56 Å². The highest BCUT2D eigenvalue weighted by atomic mass is 32.1. The number of anilines is 1. The number of ether oxygens (including phenoxy) is 1. The largest absolute Gasteiger partial charge is 0.457 e. The molecule has 1 fully saturated rings.